The molecule has 0 bridgehead atoms. The van der Waals surface area contributed by atoms with E-state index in [-0.39, 0.29) is 12.2 Å². The molecule has 18 heavy (non-hydrogen) atoms. The van der Waals surface area contributed by atoms with Crippen LogP contribution in [0.1, 0.15) is 6.42 Å². The molecular weight excluding hydrogens is 308 g/mol. The van der Waals surface area contributed by atoms with Crippen LogP contribution in [0.15, 0.2) is 24.5 Å². The number of esters is 1. The molecule has 6 nitrogen and oxygen atoms in total. The van der Waals surface area contributed by atoms with E-state index < -0.39 is 28.5 Å². The predicted molar refractivity (Wildman–Crippen MR) is 65.1 cm³/mol. The molecule has 2 unspecified atom stereocenters. The van der Waals surface area contributed by atoms with Crippen LogP contribution in [0.4, 0.5) is 0 Å². The van der Waals surface area contributed by atoms with Crippen molar-refractivity contribution in [1.29, 1.82) is 0 Å². The van der Waals surface area contributed by atoms with E-state index in [1.807, 2.05) is 0 Å². The Balaban J connectivity index is 2.81. The molecule has 7 heteroatoms. The average Bonchev–Trinajstić information content (AvgIpc) is 2.32. The third-order valence-corrected chi connectivity index (χ3v) is 4.00. The maximum atomic E-state index is 11.2. The predicted octanol–water partition coefficient (Wildman–Crippen LogP) is 0.599. The van der Waals surface area contributed by atoms with Crippen LogP contribution in [0.3, 0.4) is 0 Å². The Morgan fingerprint density at radius 3 is 2.67 bits per heavy atom. The number of hydrogen-bond donors (Lipinski definition) is 2. The number of aliphatic hydroxyl groups is 1. The maximum Gasteiger partial charge on any atom is 0.331 e. The third-order valence-electron chi connectivity index (χ3n) is 2.58. The SMILES string of the molecule is C=CCC(=O)OCC1(O)C=C(OC)C1(Br)C(=O)O. The summed E-state index contributed by atoms with van der Waals surface area (Å²) < 4.78 is 7.80. The molecule has 2 atom stereocenters. The Bertz CT molecular complexity index is 418. The van der Waals surface area contributed by atoms with Crippen molar-refractivity contribution >= 4 is 27.9 Å². The average molecular weight is 321 g/mol. The normalized spacial score (nSPS) is 29.8. The lowest BCUT2D eigenvalue weighted by Gasteiger charge is -2.45. The number of ether oxygens (including phenoxy) is 2. The summed E-state index contributed by atoms with van der Waals surface area (Å²) in [6.07, 6.45) is 2.53. The first-order valence-electron chi connectivity index (χ1n) is 5.00. The van der Waals surface area contributed by atoms with Crippen molar-refractivity contribution in [3.63, 3.8) is 0 Å². The Labute approximate surface area is 112 Å². The smallest absolute Gasteiger partial charge is 0.331 e. The second kappa shape index (κ2) is 5.11. The molecule has 100 valence electrons. The Morgan fingerprint density at radius 2 is 2.22 bits per heavy atom. The van der Waals surface area contributed by atoms with E-state index >= 15 is 0 Å². The molecule has 0 heterocycles. The van der Waals surface area contributed by atoms with Gasteiger partial charge >= 0.3 is 11.9 Å². The zero-order chi connectivity index (χ0) is 14.0. The van der Waals surface area contributed by atoms with Crippen LogP contribution in [0.5, 0.6) is 0 Å². The summed E-state index contributed by atoms with van der Waals surface area (Å²) in [5.74, 6) is -1.88. The van der Waals surface area contributed by atoms with Crippen molar-refractivity contribution in [3.05, 3.63) is 24.5 Å². The van der Waals surface area contributed by atoms with Crippen molar-refractivity contribution in [1.82, 2.24) is 0 Å². The number of carbonyl (C=O) groups is 2. The van der Waals surface area contributed by atoms with Crippen molar-refractivity contribution in [2.45, 2.75) is 16.3 Å². The number of halogens is 1. The highest BCUT2D eigenvalue weighted by atomic mass is 79.9. The highest BCUT2D eigenvalue weighted by Crippen LogP contribution is 2.49. The molecule has 0 spiro atoms. The zero-order valence-corrected chi connectivity index (χ0v) is 11.3. The van der Waals surface area contributed by atoms with E-state index in [0.29, 0.717) is 0 Å². The van der Waals surface area contributed by atoms with Gasteiger partial charge in [-0.05, 0) is 6.08 Å². The van der Waals surface area contributed by atoms with E-state index in [1.54, 1.807) is 0 Å². The summed E-state index contributed by atoms with van der Waals surface area (Å²) >= 11 is 2.92. The van der Waals surface area contributed by atoms with Crippen molar-refractivity contribution < 1.29 is 29.3 Å². The lowest BCUT2D eigenvalue weighted by Crippen LogP contribution is -2.64. The van der Waals surface area contributed by atoms with Crippen LogP contribution in [-0.2, 0) is 19.1 Å². The molecular formula is C11H13BrO6. The summed E-state index contributed by atoms with van der Waals surface area (Å²) in [4.78, 5) is 22.3. The second-order valence-electron chi connectivity index (χ2n) is 3.75. The standard InChI is InChI=1S/C11H13BrO6/c1-3-4-8(13)18-6-10(16)5-7(17-2)11(10,12)9(14)15/h3,5,16H,1,4,6H2,2H3,(H,14,15). The fraction of sp³-hybridized carbons (Fsp3) is 0.455. The van der Waals surface area contributed by atoms with Gasteiger partial charge in [0.05, 0.1) is 13.5 Å². The molecule has 1 aliphatic rings. The van der Waals surface area contributed by atoms with Gasteiger partial charge in [0.25, 0.3) is 0 Å². The van der Waals surface area contributed by atoms with Crippen LogP contribution >= 0.6 is 15.9 Å². The van der Waals surface area contributed by atoms with Crippen molar-refractivity contribution in [2.24, 2.45) is 0 Å². The van der Waals surface area contributed by atoms with Gasteiger partial charge < -0.3 is 19.7 Å². The molecule has 1 rings (SSSR count). The van der Waals surface area contributed by atoms with E-state index in [4.69, 9.17) is 14.6 Å². The molecule has 0 radical (unpaired) electrons. The maximum absolute atomic E-state index is 11.2. The van der Waals surface area contributed by atoms with Crippen molar-refractivity contribution in [2.75, 3.05) is 13.7 Å². The van der Waals surface area contributed by atoms with Crippen LogP contribution in [0.2, 0.25) is 0 Å². The van der Waals surface area contributed by atoms with Gasteiger partial charge in [0.2, 0.25) is 4.32 Å². The van der Waals surface area contributed by atoms with E-state index in [1.165, 1.54) is 19.3 Å². The molecule has 0 aromatic rings. The Hall–Kier alpha value is -1.34. The van der Waals surface area contributed by atoms with Crippen LogP contribution in [0, 0.1) is 0 Å². The Kier molecular flexibility index (Phi) is 4.18. The van der Waals surface area contributed by atoms with Gasteiger partial charge in [-0.1, -0.05) is 22.0 Å². The molecule has 0 fully saturated rings. The number of rotatable bonds is 6. The molecule has 0 aromatic carbocycles. The fourth-order valence-corrected chi connectivity index (χ4v) is 2.06. The first-order chi connectivity index (χ1) is 8.31. The van der Waals surface area contributed by atoms with Gasteiger partial charge in [0.15, 0.2) is 5.60 Å². The highest BCUT2D eigenvalue weighted by Gasteiger charge is 2.65. The monoisotopic (exact) mass is 320 g/mol. The summed E-state index contributed by atoms with van der Waals surface area (Å²) in [5.41, 5.74) is -1.85. The summed E-state index contributed by atoms with van der Waals surface area (Å²) in [5, 5.41) is 19.2. The van der Waals surface area contributed by atoms with Gasteiger partial charge in [0.1, 0.15) is 12.4 Å². The van der Waals surface area contributed by atoms with Gasteiger partial charge in [-0.3, -0.25) is 9.59 Å². The number of hydrogen-bond acceptors (Lipinski definition) is 5. The third kappa shape index (κ3) is 2.15. The lowest BCUT2D eigenvalue weighted by molar-refractivity contribution is -0.160. The van der Waals surface area contributed by atoms with Gasteiger partial charge in [-0.2, -0.15) is 0 Å². The van der Waals surface area contributed by atoms with Gasteiger partial charge in [-0.15, -0.1) is 6.58 Å². The number of aliphatic carboxylic acids is 1. The first kappa shape index (κ1) is 14.7. The van der Waals surface area contributed by atoms with E-state index in [2.05, 4.69) is 22.5 Å². The molecule has 2 N–H and O–H groups in total. The van der Waals surface area contributed by atoms with E-state index in [9.17, 15) is 14.7 Å². The highest BCUT2D eigenvalue weighted by molar-refractivity contribution is 9.10. The topological polar surface area (TPSA) is 93.1 Å². The number of carboxylic acids is 1. The fourth-order valence-electron chi connectivity index (χ4n) is 1.55. The molecule has 0 saturated carbocycles. The number of methoxy groups -OCH3 is 1. The van der Waals surface area contributed by atoms with Gasteiger partial charge in [-0.25, -0.2) is 0 Å². The lowest BCUT2D eigenvalue weighted by atomic mass is 9.75. The minimum atomic E-state index is -1.85. The molecule has 1 aliphatic carbocycles. The van der Waals surface area contributed by atoms with E-state index in [0.717, 1.165) is 0 Å². The minimum Gasteiger partial charge on any atom is -0.499 e. The van der Waals surface area contributed by atoms with Crippen LogP contribution in [0.25, 0.3) is 0 Å². The first-order valence-corrected chi connectivity index (χ1v) is 5.79. The number of carboxylic acid groups (broad SMARTS) is 1. The molecule has 0 aliphatic heterocycles. The Morgan fingerprint density at radius 1 is 1.61 bits per heavy atom. The number of alkyl halides is 1. The van der Waals surface area contributed by atoms with Crippen LogP contribution in [-0.4, -0.2) is 45.8 Å². The summed E-state index contributed by atoms with van der Waals surface area (Å²) in [6, 6.07) is 0. The molecule has 0 saturated heterocycles. The largest absolute Gasteiger partial charge is 0.499 e. The summed E-state index contributed by atoms with van der Waals surface area (Å²) in [7, 11) is 1.29. The summed E-state index contributed by atoms with van der Waals surface area (Å²) in [6.45, 7) is 2.88. The number of carbonyl (C=O) groups excluding carboxylic acids is 1. The minimum absolute atomic E-state index is 0.0146. The van der Waals surface area contributed by atoms with Gasteiger partial charge in [0, 0.05) is 0 Å². The zero-order valence-electron chi connectivity index (χ0n) is 9.68. The van der Waals surface area contributed by atoms with Crippen molar-refractivity contribution in [3.8, 4) is 0 Å². The quantitative estimate of drug-likeness (QED) is 0.423. The molecule has 0 aromatic heterocycles. The van der Waals surface area contributed by atoms with Crippen LogP contribution < -0.4 is 0 Å². The second-order valence-corrected chi connectivity index (χ2v) is 4.94. The molecule has 0 amide bonds.